The first-order chi connectivity index (χ1) is 5.91. The van der Waals surface area contributed by atoms with E-state index in [9.17, 15) is 13.2 Å². The van der Waals surface area contributed by atoms with Gasteiger partial charge in [0.25, 0.3) is 0 Å². The summed E-state index contributed by atoms with van der Waals surface area (Å²) >= 11 is 2.47. The topological polar surface area (TPSA) is 71.4 Å². The van der Waals surface area contributed by atoms with Gasteiger partial charge in [0.05, 0.1) is 25.3 Å². The first kappa shape index (κ1) is 10.2. The minimum Gasteiger partial charge on any atom is -0.478 e. The number of carboxylic acid groups (broad SMARTS) is 1. The molecule has 0 fully saturated rings. The van der Waals surface area contributed by atoms with Gasteiger partial charge in [0.1, 0.15) is 0 Å². The summed E-state index contributed by atoms with van der Waals surface area (Å²) in [5, 5.41) is 8.52. The molecule has 0 spiro atoms. The molecule has 0 saturated carbocycles. The molecule has 1 rings (SSSR count). The normalized spacial score (nSPS) is 11.2. The van der Waals surface area contributed by atoms with Crippen LogP contribution in [0.2, 0.25) is 0 Å². The van der Waals surface area contributed by atoms with Crippen molar-refractivity contribution < 1.29 is 18.3 Å². The van der Waals surface area contributed by atoms with Crippen LogP contribution in [-0.4, -0.2) is 19.5 Å². The molecule has 4 nitrogen and oxygen atoms in total. The lowest BCUT2D eigenvalue weighted by atomic mass is 10.2. The fourth-order valence-electron chi connectivity index (χ4n) is 0.760. The highest BCUT2D eigenvalue weighted by atomic mass is 79.9. The van der Waals surface area contributed by atoms with Crippen LogP contribution in [0, 0.1) is 0 Å². The van der Waals surface area contributed by atoms with E-state index in [0.29, 0.717) is 0 Å². The number of aromatic carboxylic acids is 1. The van der Waals surface area contributed by atoms with Gasteiger partial charge < -0.3 is 5.11 Å². The van der Waals surface area contributed by atoms with E-state index >= 15 is 0 Å². The molecular weight excluding hydrogens is 260 g/mol. The Balaban J connectivity index is 3.16. The molecule has 1 aromatic rings. The van der Waals surface area contributed by atoms with E-state index in [2.05, 4.69) is 14.8 Å². The summed E-state index contributed by atoms with van der Waals surface area (Å²) in [4.78, 5) is 10.4. The molecule has 0 atom stereocenters. The zero-order valence-electron chi connectivity index (χ0n) is 6.27. The summed E-state index contributed by atoms with van der Waals surface area (Å²) in [5.74, 6) is -1.08. The number of carboxylic acids is 1. The molecule has 0 amide bonds. The molecule has 0 aliphatic rings. The first-order valence-electron chi connectivity index (χ1n) is 3.19. The fraction of sp³-hybridized carbons (Fsp3) is 0. The molecule has 1 aromatic carbocycles. The minimum absolute atomic E-state index is 0.0394. The predicted octanol–water partition coefficient (Wildman–Crippen LogP) is 1.47. The third kappa shape index (κ3) is 2.53. The van der Waals surface area contributed by atoms with Crippen molar-refractivity contribution >= 4 is 29.1 Å². The Bertz CT molecular complexity index is 420. The SMILES string of the molecule is O=C(O)c1ccc(S(=O)(=O)Br)cc1. The quantitative estimate of drug-likeness (QED) is 0.822. The standard InChI is InChI=1S/C7H5BrO4S/c8-13(11,12)6-3-1-5(2-4-6)7(9)10/h1-4H,(H,9,10). The van der Waals surface area contributed by atoms with Crippen LogP contribution in [0.5, 0.6) is 0 Å². The van der Waals surface area contributed by atoms with Gasteiger partial charge in [0, 0.05) is 0 Å². The summed E-state index contributed by atoms with van der Waals surface area (Å²) < 4.78 is 21.8. The highest BCUT2D eigenvalue weighted by molar-refractivity contribution is 9.47. The smallest absolute Gasteiger partial charge is 0.335 e. The van der Waals surface area contributed by atoms with Crippen LogP contribution in [0.3, 0.4) is 0 Å². The van der Waals surface area contributed by atoms with Gasteiger partial charge >= 0.3 is 5.97 Å². The monoisotopic (exact) mass is 264 g/mol. The Kier molecular flexibility index (Phi) is 2.72. The van der Waals surface area contributed by atoms with Gasteiger partial charge in [0.2, 0.25) is 8.27 Å². The van der Waals surface area contributed by atoms with Crippen molar-refractivity contribution in [2.75, 3.05) is 0 Å². The zero-order chi connectivity index (χ0) is 10.1. The molecule has 70 valence electrons. The van der Waals surface area contributed by atoms with Crippen LogP contribution < -0.4 is 0 Å². The van der Waals surface area contributed by atoms with E-state index in [1.54, 1.807) is 0 Å². The van der Waals surface area contributed by atoms with Crippen LogP contribution in [0.4, 0.5) is 0 Å². The molecular formula is C7H5BrO4S. The second-order valence-corrected chi connectivity index (χ2v) is 6.17. The number of rotatable bonds is 2. The van der Waals surface area contributed by atoms with Crippen LogP contribution in [0.1, 0.15) is 10.4 Å². The summed E-state index contributed by atoms with van der Waals surface area (Å²) in [5.41, 5.74) is 0.0555. The first-order valence-corrected chi connectivity index (χ1v) is 6.52. The Hall–Kier alpha value is -0.880. The molecule has 0 bridgehead atoms. The predicted molar refractivity (Wildman–Crippen MR) is 49.5 cm³/mol. The van der Waals surface area contributed by atoms with Crippen molar-refractivity contribution in [2.45, 2.75) is 4.90 Å². The lowest BCUT2D eigenvalue weighted by Crippen LogP contribution is -1.97. The van der Waals surface area contributed by atoms with Crippen molar-refractivity contribution in [3.8, 4) is 0 Å². The molecule has 0 saturated heterocycles. The highest BCUT2D eigenvalue weighted by Crippen LogP contribution is 2.16. The third-order valence-electron chi connectivity index (χ3n) is 1.38. The van der Waals surface area contributed by atoms with E-state index in [0.717, 1.165) is 0 Å². The van der Waals surface area contributed by atoms with Gasteiger partial charge in [-0.3, -0.25) is 0 Å². The van der Waals surface area contributed by atoms with Gasteiger partial charge in [-0.05, 0) is 24.3 Å². The molecule has 0 radical (unpaired) electrons. The molecule has 0 aromatic heterocycles. The average Bonchev–Trinajstić information content (AvgIpc) is 2.03. The fourth-order valence-corrected chi connectivity index (χ4v) is 1.87. The van der Waals surface area contributed by atoms with E-state index < -0.39 is 14.2 Å². The largest absolute Gasteiger partial charge is 0.478 e. The maximum absolute atomic E-state index is 10.9. The summed E-state index contributed by atoms with van der Waals surface area (Å²) in [6.07, 6.45) is 0. The van der Waals surface area contributed by atoms with Gasteiger partial charge in [0.15, 0.2) is 0 Å². The Labute approximate surface area is 82.3 Å². The zero-order valence-corrected chi connectivity index (χ0v) is 8.67. The van der Waals surface area contributed by atoms with E-state index in [4.69, 9.17) is 5.11 Å². The van der Waals surface area contributed by atoms with Crippen molar-refractivity contribution in [1.82, 2.24) is 0 Å². The summed E-state index contributed by atoms with van der Waals surface area (Å²) in [6, 6.07) is 4.92. The second kappa shape index (κ2) is 3.47. The van der Waals surface area contributed by atoms with Crippen LogP contribution in [-0.2, 0) is 8.27 Å². The van der Waals surface area contributed by atoms with Crippen LogP contribution >= 0.6 is 14.8 Å². The maximum Gasteiger partial charge on any atom is 0.335 e. The van der Waals surface area contributed by atoms with Gasteiger partial charge in [-0.25, -0.2) is 13.2 Å². The summed E-state index contributed by atoms with van der Waals surface area (Å²) in [7, 11) is -3.43. The van der Waals surface area contributed by atoms with Gasteiger partial charge in [-0.15, -0.1) is 0 Å². The van der Waals surface area contributed by atoms with Gasteiger partial charge in [-0.2, -0.15) is 0 Å². The molecule has 1 N–H and O–H groups in total. The number of halogens is 1. The molecule has 0 unspecified atom stereocenters. The third-order valence-corrected chi connectivity index (χ3v) is 3.34. The molecule has 6 heteroatoms. The van der Waals surface area contributed by atoms with E-state index in [1.165, 1.54) is 24.3 Å². The van der Waals surface area contributed by atoms with E-state index in [1.807, 2.05) is 0 Å². The Morgan fingerprint density at radius 2 is 1.69 bits per heavy atom. The summed E-state index contributed by atoms with van der Waals surface area (Å²) in [6.45, 7) is 0. The van der Waals surface area contributed by atoms with Crippen molar-refractivity contribution in [3.63, 3.8) is 0 Å². The number of carbonyl (C=O) groups is 1. The number of hydrogen-bond donors (Lipinski definition) is 1. The van der Waals surface area contributed by atoms with Crippen LogP contribution in [0.25, 0.3) is 0 Å². The van der Waals surface area contributed by atoms with Crippen molar-refractivity contribution in [2.24, 2.45) is 0 Å². The average molecular weight is 265 g/mol. The minimum atomic E-state index is -3.43. The van der Waals surface area contributed by atoms with E-state index in [-0.39, 0.29) is 10.5 Å². The number of benzene rings is 1. The molecule has 13 heavy (non-hydrogen) atoms. The maximum atomic E-state index is 10.9. The lowest BCUT2D eigenvalue weighted by Gasteiger charge is -1.96. The molecule has 0 aliphatic carbocycles. The Morgan fingerprint density at radius 1 is 1.23 bits per heavy atom. The number of hydrogen-bond acceptors (Lipinski definition) is 3. The second-order valence-electron chi connectivity index (χ2n) is 2.27. The van der Waals surface area contributed by atoms with Crippen molar-refractivity contribution in [3.05, 3.63) is 29.8 Å². The van der Waals surface area contributed by atoms with Crippen LogP contribution in [0.15, 0.2) is 29.2 Å². The highest BCUT2D eigenvalue weighted by Gasteiger charge is 2.09. The molecule has 0 heterocycles. The van der Waals surface area contributed by atoms with Crippen molar-refractivity contribution in [1.29, 1.82) is 0 Å². The molecule has 0 aliphatic heterocycles. The Morgan fingerprint density at radius 3 is 2.00 bits per heavy atom. The van der Waals surface area contributed by atoms with Gasteiger partial charge in [-0.1, -0.05) is 0 Å². The lowest BCUT2D eigenvalue weighted by molar-refractivity contribution is 0.0697.